The molecule has 0 aliphatic carbocycles. The minimum Gasteiger partial charge on any atom is -0.399 e. The zero-order valence-electron chi connectivity index (χ0n) is 12.5. The highest BCUT2D eigenvalue weighted by Crippen LogP contribution is 2.21. The molecular formula is C16H27N3. The van der Waals surface area contributed by atoms with Crippen LogP contribution >= 0.6 is 0 Å². The van der Waals surface area contributed by atoms with E-state index in [1.54, 1.807) is 0 Å². The van der Waals surface area contributed by atoms with E-state index in [0.717, 1.165) is 31.9 Å². The average Bonchev–Trinajstić information content (AvgIpc) is 2.36. The first-order chi connectivity index (χ1) is 8.94. The third-order valence-electron chi connectivity index (χ3n) is 3.79. The predicted molar refractivity (Wildman–Crippen MR) is 83.6 cm³/mol. The Morgan fingerprint density at radius 2 is 1.79 bits per heavy atom. The summed E-state index contributed by atoms with van der Waals surface area (Å²) in [6.45, 7) is 12.7. The molecule has 0 radical (unpaired) electrons. The van der Waals surface area contributed by atoms with Gasteiger partial charge >= 0.3 is 0 Å². The van der Waals surface area contributed by atoms with Gasteiger partial charge in [0, 0.05) is 37.6 Å². The van der Waals surface area contributed by atoms with Gasteiger partial charge in [-0.1, -0.05) is 26.8 Å². The molecule has 0 saturated carbocycles. The summed E-state index contributed by atoms with van der Waals surface area (Å²) in [6.07, 6.45) is 1.27. The smallest absolute Gasteiger partial charge is 0.0387 e. The van der Waals surface area contributed by atoms with Gasteiger partial charge in [0.1, 0.15) is 0 Å². The number of hydrogen-bond acceptors (Lipinski definition) is 3. The maximum Gasteiger partial charge on any atom is 0.0387 e. The van der Waals surface area contributed by atoms with Gasteiger partial charge in [0.15, 0.2) is 0 Å². The van der Waals surface area contributed by atoms with E-state index in [9.17, 15) is 0 Å². The lowest BCUT2D eigenvalue weighted by atomic mass is 9.92. The maximum atomic E-state index is 5.85. The molecule has 0 aromatic heterocycles. The lowest BCUT2D eigenvalue weighted by Gasteiger charge is -2.37. The van der Waals surface area contributed by atoms with Crippen LogP contribution in [0.3, 0.4) is 0 Å². The van der Waals surface area contributed by atoms with Gasteiger partial charge in [0.05, 0.1) is 0 Å². The molecule has 1 aliphatic rings. The van der Waals surface area contributed by atoms with Gasteiger partial charge in [-0.3, -0.25) is 4.90 Å². The predicted octanol–water partition coefficient (Wildman–Crippen LogP) is 2.83. The summed E-state index contributed by atoms with van der Waals surface area (Å²) < 4.78 is 0. The van der Waals surface area contributed by atoms with Crippen molar-refractivity contribution in [3.8, 4) is 0 Å². The highest BCUT2D eigenvalue weighted by molar-refractivity contribution is 5.56. The largest absolute Gasteiger partial charge is 0.399 e. The third kappa shape index (κ3) is 4.43. The fourth-order valence-corrected chi connectivity index (χ4v) is 2.44. The van der Waals surface area contributed by atoms with E-state index in [2.05, 4.69) is 42.7 Å². The number of benzene rings is 1. The SMILES string of the molecule is CC(C)(C)CCN1CCN(c2cccc(N)c2)CC1. The molecule has 1 saturated heterocycles. The van der Waals surface area contributed by atoms with Crippen LogP contribution in [0.15, 0.2) is 24.3 Å². The monoisotopic (exact) mass is 261 g/mol. The minimum atomic E-state index is 0.436. The zero-order chi connectivity index (χ0) is 13.9. The van der Waals surface area contributed by atoms with E-state index in [1.807, 2.05) is 12.1 Å². The normalized spacial score (nSPS) is 17.7. The third-order valence-corrected chi connectivity index (χ3v) is 3.79. The van der Waals surface area contributed by atoms with Crippen molar-refractivity contribution < 1.29 is 0 Å². The van der Waals surface area contributed by atoms with Gasteiger partial charge in [-0.05, 0) is 36.6 Å². The van der Waals surface area contributed by atoms with Crippen molar-refractivity contribution in [2.75, 3.05) is 43.4 Å². The number of nitrogen functional groups attached to an aromatic ring is 1. The summed E-state index contributed by atoms with van der Waals surface area (Å²) in [4.78, 5) is 5.01. The fourth-order valence-electron chi connectivity index (χ4n) is 2.44. The molecule has 0 unspecified atom stereocenters. The van der Waals surface area contributed by atoms with Gasteiger partial charge < -0.3 is 10.6 Å². The molecule has 1 aliphatic heterocycles. The summed E-state index contributed by atoms with van der Waals surface area (Å²) >= 11 is 0. The van der Waals surface area contributed by atoms with Crippen LogP contribution in [-0.2, 0) is 0 Å². The number of nitrogens with zero attached hydrogens (tertiary/aromatic N) is 2. The lowest BCUT2D eigenvalue weighted by Crippen LogP contribution is -2.47. The number of nitrogens with two attached hydrogens (primary N) is 1. The van der Waals surface area contributed by atoms with Gasteiger partial charge in [-0.25, -0.2) is 0 Å². The van der Waals surface area contributed by atoms with Crippen molar-refractivity contribution in [2.45, 2.75) is 27.2 Å². The molecule has 2 rings (SSSR count). The summed E-state index contributed by atoms with van der Waals surface area (Å²) in [5, 5.41) is 0. The Labute approximate surface area is 117 Å². The Morgan fingerprint density at radius 3 is 2.37 bits per heavy atom. The van der Waals surface area contributed by atoms with Gasteiger partial charge in [-0.2, -0.15) is 0 Å². The molecule has 3 nitrogen and oxygen atoms in total. The number of piperazine rings is 1. The molecule has 0 spiro atoms. The van der Waals surface area contributed by atoms with E-state index in [-0.39, 0.29) is 0 Å². The second-order valence-corrected chi connectivity index (χ2v) is 6.73. The van der Waals surface area contributed by atoms with Crippen LogP contribution in [0.25, 0.3) is 0 Å². The fraction of sp³-hybridized carbons (Fsp3) is 0.625. The summed E-state index contributed by atoms with van der Waals surface area (Å²) in [6, 6.07) is 8.21. The molecule has 3 heteroatoms. The number of rotatable bonds is 3. The molecule has 2 N–H and O–H groups in total. The van der Waals surface area contributed by atoms with Gasteiger partial charge in [0.25, 0.3) is 0 Å². The second-order valence-electron chi connectivity index (χ2n) is 6.73. The van der Waals surface area contributed by atoms with Crippen LogP contribution in [0.5, 0.6) is 0 Å². The summed E-state index contributed by atoms with van der Waals surface area (Å²) in [5.41, 5.74) is 8.40. The molecule has 106 valence electrons. The van der Waals surface area contributed by atoms with E-state index in [1.165, 1.54) is 18.7 Å². The maximum absolute atomic E-state index is 5.85. The average molecular weight is 261 g/mol. The molecule has 0 atom stereocenters. The summed E-state index contributed by atoms with van der Waals surface area (Å²) in [7, 11) is 0. The van der Waals surface area contributed by atoms with E-state index >= 15 is 0 Å². The van der Waals surface area contributed by atoms with E-state index in [0.29, 0.717) is 5.41 Å². The number of hydrogen-bond donors (Lipinski definition) is 1. The highest BCUT2D eigenvalue weighted by Gasteiger charge is 2.19. The second kappa shape index (κ2) is 5.83. The Kier molecular flexibility index (Phi) is 4.35. The topological polar surface area (TPSA) is 32.5 Å². The quantitative estimate of drug-likeness (QED) is 0.849. The Hall–Kier alpha value is -1.22. The van der Waals surface area contributed by atoms with Crippen LogP contribution in [0.1, 0.15) is 27.2 Å². The minimum absolute atomic E-state index is 0.436. The van der Waals surface area contributed by atoms with Crippen molar-refractivity contribution in [1.29, 1.82) is 0 Å². The van der Waals surface area contributed by atoms with Crippen LogP contribution in [-0.4, -0.2) is 37.6 Å². The van der Waals surface area contributed by atoms with Gasteiger partial charge in [0.2, 0.25) is 0 Å². The van der Waals surface area contributed by atoms with Crippen molar-refractivity contribution in [3.05, 3.63) is 24.3 Å². The first-order valence-electron chi connectivity index (χ1n) is 7.27. The van der Waals surface area contributed by atoms with Crippen molar-refractivity contribution in [3.63, 3.8) is 0 Å². The van der Waals surface area contributed by atoms with E-state index < -0.39 is 0 Å². The van der Waals surface area contributed by atoms with Crippen LogP contribution < -0.4 is 10.6 Å². The first-order valence-corrected chi connectivity index (χ1v) is 7.27. The van der Waals surface area contributed by atoms with Crippen LogP contribution in [0.4, 0.5) is 11.4 Å². The molecule has 0 amide bonds. The zero-order valence-corrected chi connectivity index (χ0v) is 12.5. The molecule has 1 heterocycles. The Morgan fingerprint density at radius 1 is 1.11 bits per heavy atom. The molecule has 1 aromatic carbocycles. The Balaban J connectivity index is 1.82. The lowest BCUT2D eigenvalue weighted by molar-refractivity contribution is 0.217. The number of anilines is 2. The molecule has 1 aromatic rings. The summed E-state index contributed by atoms with van der Waals surface area (Å²) in [5.74, 6) is 0. The van der Waals surface area contributed by atoms with Crippen molar-refractivity contribution in [2.24, 2.45) is 5.41 Å². The van der Waals surface area contributed by atoms with Crippen LogP contribution in [0, 0.1) is 5.41 Å². The Bertz CT molecular complexity index is 401. The first kappa shape index (κ1) is 14.2. The molecular weight excluding hydrogens is 234 g/mol. The van der Waals surface area contributed by atoms with Crippen LogP contribution in [0.2, 0.25) is 0 Å². The molecule has 0 bridgehead atoms. The van der Waals surface area contributed by atoms with Crippen molar-refractivity contribution in [1.82, 2.24) is 4.90 Å². The molecule has 19 heavy (non-hydrogen) atoms. The highest BCUT2D eigenvalue weighted by atomic mass is 15.3. The standard InChI is InChI=1S/C16H27N3/c1-16(2,3)7-8-18-9-11-19(12-10-18)15-6-4-5-14(17)13-15/h4-6,13H,7-12,17H2,1-3H3. The van der Waals surface area contributed by atoms with E-state index in [4.69, 9.17) is 5.73 Å². The van der Waals surface area contributed by atoms with Crippen molar-refractivity contribution >= 4 is 11.4 Å². The van der Waals surface area contributed by atoms with Gasteiger partial charge in [-0.15, -0.1) is 0 Å². The molecule has 1 fully saturated rings.